The second-order valence-corrected chi connectivity index (χ2v) is 1.79. The molecular weight excluding hydrogens is 112 g/mol. The highest BCUT2D eigenvalue weighted by atomic mass is 16.9. The molecule has 0 bridgehead atoms. The first-order valence-electron chi connectivity index (χ1n) is 2.20. The third-order valence-electron chi connectivity index (χ3n) is 0.813. The molecule has 5 heteroatoms. The van der Waals surface area contributed by atoms with E-state index < -0.39 is 11.0 Å². The second-order valence-electron chi connectivity index (χ2n) is 1.79. The van der Waals surface area contributed by atoms with Crippen LogP contribution in [0.3, 0.4) is 0 Å². The fourth-order valence-corrected chi connectivity index (χ4v) is 0.0943. The zero-order valence-electron chi connectivity index (χ0n) is 4.77. The van der Waals surface area contributed by atoms with Crippen molar-refractivity contribution in [2.75, 3.05) is 0 Å². The molecule has 0 aromatic carbocycles. The summed E-state index contributed by atoms with van der Waals surface area (Å²) in [5, 5.41) is 18.8. The number of nitroso groups, excluding NO2 is 1. The van der Waals surface area contributed by atoms with Gasteiger partial charge in [-0.1, -0.05) is 4.91 Å². The summed E-state index contributed by atoms with van der Waals surface area (Å²) in [6.45, 7) is 2.92. The van der Waals surface area contributed by atoms with Crippen LogP contribution >= 0.6 is 0 Å². The molecule has 0 aromatic rings. The Labute approximate surface area is 46.6 Å². The van der Waals surface area contributed by atoms with Crippen LogP contribution in [0.15, 0.2) is 5.29 Å². The minimum absolute atomic E-state index is 0.618. The van der Waals surface area contributed by atoms with Gasteiger partial charge in [0.05, 0.1) is 0 Å². The van der Waals surface area contributed by atoms with E-state index >= 15 is 0 Å². The van der Waals surface area contributed by atoms with Crippen LogP contribution in [-0.2, 0) is 0 Å². The molecule has 0 radical (unpaired) electrons. The lowest BCUT2D eigenvalue weighted by atomic mass is 10.4. The van der Waals surface area contributed by atoms with E-state index in [1.165, 1.54) is 13.8 Å². The van der Waals surface area contributed by atoms with Crippen LogP contribution in [0.2, 0.25) is 0 Å². The predicted octanol–water partition coefficient (Wildman–Crippen LogP) is 0.671. The fourth-order valence-electron chi connectivity index (χ4n) is 0.0943. The largest absolute Gasteiger partial charge is 0.227 e. The van der Waals surface area contributed by atoms with E-state index in [0.717, 1.165) is 0 Å². The van der Waals surface area contributed by atoms with Crippen LogP contribution < -0.4 is 0 Å². The first-order valence-corrected chi connectivity index (χ1v) is 2.20. The van der Waals surface area contributed by atoms with Crippen molar-refractivity contribution in [2.45, 2.75) is 19.9 Å². The third-order valence-corrected chi connectivity index (χ3v) is 0.813. The standard InChI is InChI=1S/C3H9N2O3/c1-3(2)5(7,8)4-6/h3,7-8H,1-2H3/q+1. The van der Waals surface area contributed by atoms with Crippen molar-refractivity contribution < 1.29 is 15.3 Å². The van der Waals surface area contributed by atoms with E-state index in [-0.39, 0.29) is 0 Å². The average Bonchev–Trinajstić information content (AvgIpc) is 1.67. The number of quaternary nitrogens is 1. The molecule has 0 atom stereocenters. The van der Waals surface area contributed by atoms with Crippen molar-refractivity contribution >= 4 is 0 Å². The summed E-state index contributed by atoms with van der Waals surface area (Å²) in [7, 11) is 0. The highest BCUT2D eigenvalue weighted by Crippen LogP contribution is 2.02. The fraction of sp³-hybridized carbons (Fsp3) is 1.00. The van der Waals surface area contributed by atoms with Crippen LogP contribution in [-0.4, -0.2) is 21.4 Å². The number of hydroxylamine groups is 2. The first-order chi connectivity index (χ1) is 3.50. The Balaban J connectivity index is 3.90. The molecule has 0 aliphatic heterocycles. The Morgan fingerprint density at radius 1 is 1.50 bits per heavy atom. The van der Waals surface area contributed by atoms with Gasteiger partial charge in [0.1, 0.15) is 4.92 Å². The lowest BCUT2D eigenvalue weighted by Gasteiger charge is -2.12. The molecule has 5 nitrogen and oxygen atoms in total. The molecule has 8 heavy (non-hydrogen) atoms. The van der Waals surface area contributed by atoms with Crippen molar-refractivity contribution in [3.05, 3.63) is 4.91 Å². The van der Waals surface area contributed by atoms with Gasteiger partial charge in [-0.15, -0.1) is 10.4 Å². The summed E-state index contributed by atoms with van der Waals surface area (Å²) in [6, 6.07) is -0.618. The van der Waals surface area contributed by atoms with E-state index in [2.05, 4.69) is 0 Å². The summed E-state index contributed by atoms with van der Waals surface area (Å²) in [5.41, 5.74) is 0. The summed E-state index contributed by atoms with van der Waals surface area (Å²) < 4.78 is 0. The maximum atomic E-state index is 9.49. The van der Waals surface area contributed by atoms with Crippen LogP contribution in [0, 0.1) is 4.91 Å². The van der Waals surface area contributed by atoms with Crippen molar-refractivity contribution in [2.24, 2.45) is 5.29 Å². The summed E-state index contributed by atoms with van der Waals surface area (Å²) in [4.78, 5) is 7.68. The molecule has 0 aromatic heterocycles. The Morgan fingerprint density at radius 3 is 1.88 bits per heavy atom. The quantitative estimate of drug-likeness (QED) is 0.320. The third kappa shape index (κ3) is 1.53. The number of hydrogen-bond donors (Lipinski definition) is 2. The van der Waals surface area contributed by atoms with E-state index in [0.29, 0.717) is 0 Å². The van der Waals surface area contributed by atoms with E-state index in [1.807, 2.05) is 5.29 Å². The number of rotatable bonds is 2. The SMILES string of the molecule is CC(C)[N+](O)(O)N=O. The Morgan fingerprint density at radius 2 is 1.88 bits per heavy atom. The monoisotopic (exact) mass is 121 g/mol. The van der Waals surface area contributed by atoms with Gasteiger partial charge in [0.25, 0.3) is 0 Å². The van der Waals surface area contributed by atoms with Crippen LogP contribution in [0.25, 0.3) is 0 Å². The predicted molar refractivity (Wildman–Crippen MR) is 24.8 cm³/mol. The van der Waals surface area contributed by atoms with Crippen molar-refractivity contribution in [1.82, 2.24) is 0 Å². The topological polar surface area (TPSA) is 69.9 Å². The van der Waals surface area contributed by atoms with Gasteiger partial charge in [-0.25, -0.2) is 0 Å². The molecule has 0 unspecified atom stereocenters. The Hall–Kier alpha value is -0.520. The Bertz CT molecular complexity index is 90.5. The smallest absolute Gasteiger partial charge is 0.150 e. The zero-order chi connectivity index (χ0) is 6.78. The van der Waals surface area contributed by atoms with Gasteiger partial charge in [0.15, 0.2) is 6.04 Å². The molecule has 0 saturated heterocycles. The van der Waals surface area contributed by atoms with Gasteiger partial charge in [-0.05, 0) is 13.8 Å². The van der Waals surface area contributed by atoms with Gasteiger partial charge in [-0.2, -0.15) is 0 Å². The first kappa shape index (κ1) is 7.48. The molecule has 0 amide bonds. The summed E-state index contributed by atoms with van der Waals surface area (Å²) in [5.74, 6) is 0. The van der Waals surface area contributed by atoms with Crippen molar-refractivity contribution in [3.8, 4) is 0 Å². The molecule has 2 N–H and O–H groups in total. The second kappa shape index (κ2) is 2.17. The van der Waals surface area contributed by atoms with E-state index in [1.54, 1.807) is 0 Å². The molecule has 0 fully saturated rings. The van der Waals surface area contributed by atoms with Crippen LogP contribution in [0.5, 0.6) is 0 Å². The minimum Gasteiger partial charge on any atom is -0.150 e. The number of hydrogen-bond acceptors (Lipinski definition) is 4. The summed E-state index contributed by atoms with van der Waals surface area (Å²) in [6.07, 6.45) is 0. The molecule has 0 spiro atoms. The van der Waals surface area contributed by atoms with Crippen LogP contribution in [0.1, 0.15) is 13.8 Å². The molecule has 48 valence electrons. The Kier molecular flexibility index (Phi) is 2.02. The molecular formula is C3H9N2O3+. The molecule has 0 aliphatic rings. The van der Waals surface area contributed by atoms with Gasteiger partial charge in [0, 0.05) is 0 Å². The van der Waals surface area contributed by atoms with E-state index in [4.69, 9.17) is 10.4 Å². The molecule has 0 saturated carbocycles. The maximum Gasteiger partial charge on any atom is 0.227 e. The van der Waals surface area contributed by atoms with Gasteiger partial charge < -0.3 is 0 Å². The highest BCUT2D eigenvalue weighted by Gasteiger charge is 2.29. The molecule has 0 heterocycles. The lowest BCUT2D eigenvalue weighted by Crippen LogP contribution is -2.41. The van der Waals surface area contributed by atoms with Gasteiger partial charge in [0.2, 0.25) is 5.29 Å². The maximum absolute atomic E-state index is 9.49. The van der Waals surface area contributed by atoms with Gasteiger partial charge >= 0.3 is 0 Å². The average molecular weight is 121 g/mol. The molecule has 0 rings (SSSR count). The highest BCUT2D eigenvalue weighted by molar-refractivity contribution is 4.26. The number of nitrogens with zero attached hydrogens (tertiary/aromatic N) is 2. The van der Waals surface area contributed by atoms with E-state index in [9.17, 15) is 4.91 Å². The van der Waals surface area contributed by atoms with Crippen molar-refractivity contribution in [3.63, 3.8) is 0 Å². The molecule has 0 aliphatic carbocycles. The lowest BCUT2D eigenvalue weighted by molar-refractivity contribution is -1.26. The zero-order valence-corrected chi connectivity index (χ0v) is 4.77. The van der Waals surface area contributed by atoms with Crippen molar-refractivity contribution in [1.29, 1.82) is 0 Å². The van der Waals surface area contributed by atoms with Crippen LogP contribution in [0.4, 0.5) is 0 Å². The van der Waals surface area contributed by atoms with Gasteiger partial charge in [-0.3, -0.25) is 0 Å². The summed E-state index contributed by atoms with van der Waals surface area (Å²) >= 11 is 0. The minimum atomic E-state index is -1.81. The normalized spacial score (nSPS) is 12.1.